The summed E-state index contributed by atoms with van der Waals surface area (Å²) in [5.74, 6) is 0. The average molecular weight is 345 g/mol. The number of aliphatic hydroxyl groups is 3. The monoisotopic (exact) mass is 345 g/mol. The molecule has 0 fully saturated rings. The third-order valence-corrected chi connectivity index (χ3v) is 2.55. The molecular weight excluding hydrogens is 331 g/mol. The van der Waals surface area contributed by atoms with Crippen molar-refractivity contribution in [2.24, 2.45) is 5.73 Å². The van der Waals surface area contributed by atoms with Crippen LogP contribution in [0.5, 0.6) is 0 Å². The van der Waals surface area contributed by atoms with Gasteiger partial charge in [0.2, 0.25) is 0 Å². The lowest BCUT2D eigenvalue weighted by Gasteiger charge is -2.20. The van der Waals surface area contributed by atoms with E-state index in [1.807, 2.05) is 0 Å². The van der Waals surface area contributed by atoms with Gasteiger partial charge in [-0.15, -0.1) is 0 Å². The maximum absolute atomic E-state index is 12.1. The molecule has 130 valence electrons. The Labute approximate surface area is 128 Å². The summed E-state index contributed by atoms with van der Waals surface area (Å²) < 4.78 is 72.7. The van der Waals surface area contributed by atoms with Crippen LogP contribution < -0.4 is 11.2 Å². The topological polar surface area (TPSA) is 86.7 Å². The van der Waals surface area contributed by atoms with E-state index >= 15 is 0 Å². The Bertz CT molecular complexity index is 462. The van der Waals surface area contributed by atoms with Crippen LogP contribution in [0.1, 0.15) is 11.1 Å². The summed E-state index contributed by atoms with van der Waals surface area (Å²) >= 11 is 0. The molecule has 0 aliphatic heterocycles. The summed E-state index contributed by atoms with van der Waals surface area (Å²) in [4.78, 5) is 0. The molecule has 0 spiro atoms. The molecule has 0 saturated carbocycles. The third-order valence-electron chi connectivity index (χ3n) is 2.55. The van der Waals surface area contributed by atoms with E-state index in [0.717, 1.165) is 0 Å². The third kappa shape index (κ3) is 7.21. The highest BCUT2D eigenvalue weighted by Crippen LogP contribution is 2.34. The smallest absolute Gasteiger partial charge is 0.394 e. The lowest BCUT2D eigenvalue weighted by Crippen LogP contribution is -2.50. The molecule has 1 aromatic rings. The van der Waals surface area contributed by atoms with E-state index in [2.05, 4.69) is 0 Å². The van der Waals surface area contributed by atoms with Crippen LogP contribution in [0.3, 0.4) is 0 Å². The highest BCUT2D eigenvalue weighted by molar-refractivity contribution is 6.32. The van der Waals surface area contributed by atoms with Crippen molar-refractivity contribution >= 4 is 13.3 Å². The van der Waals surface area contributed by atoms with E-state index < -0.39 is 54.3 Å². The van der Waals surface area contributed by atoms with Crippen molar-refractivity contribution in [3.8, 4) is 0 Å². The Balaban J connectivity index is 0.000000515. The van der Waals surface area contributed by atoms with E-state index in [4.69, 9.17) is 28.9 Å². The average Bonchev–Trinajstić information content (AvgIpc) is 2.44. The van der Waals surface area contributed by atoms with Crippen molar-refractivity contribution in [1.29, 1.82) is 0 Å². The number of rotatable bonds is 3. The molecule has 1 rings (SSSR count). The molecule has 0 heterocycles. The minimum atomic E-state index is -4.84. The summed E-state index contributed by atoms with van der Waals surface area (Å²) in [7, 11) is 4.95. The minimum Gasteiger partial charge on any atom is -0.394 e. The quantitative estimate of drug-likeness (QED) is 0.465. The van der Waals surface area contributed by atoms with Gasteiger partial charge in [-0.1, -0.05) is 17.6 Å². The van der Waals surface area contributed by atoms with E-state index in [9.17, 15) is 26.3 Å². The first-order valence-electron chi connectivity index (χ1n) is 5.95. The maximum atomic E-state index is 12.1. The van der Waals surface area contributed by atoms with Crippen molar-refractivity contribution in [3.05, 3.63) is 29.3 Å². The lowest BCUT2D eigenvalue weighted by atomic mass is 9.91. The van der Waals surface area contributed by atoms with E-state index in [1.54, 1.807) is 0 Å². The SMILES string of the molecule is NC(CO)(CO)CO.[B]c1cc(C(F)(F)F)cc(C(F)(F)F)c1. The van der Waals surface area contributed by atoms with Crippen LogP contribution in [-0.2, 0) is 12.4 Å². The van der Waals surface area contributed by atoms with Gasteiger partial charge < -0.3 is 21.1 Å². The van der Waals surface area contributed by atoms with Gasteiger partial charge >= 0.3 is 12.4 Å². The highest BCUT2D eigenvalue weighted by Gasteiger charge is 2.36. The Morgan fingerprint density at radius 3 is 1.26 bits per heavy atom. The van der Waals surface area contributed by atoms with Crippen LogP contribution in [0.15, 0.2) is 18.2 Å². The molecule has 1 aromatic carbocycles. The number of benzene rings is 1. The van der Waals surface area contributed by atoms with Gasteiger partial charge in [0.1, 0.15) is 7.85 Å². The molecule has 0 unspecified atom stereocenters. The Kier molecular flexibility index (Phi) is 7.55. The van der Waals surface area contributed by atoms with Crippen LogP contribution in [0.2, 0.25) is 0 Å². The maximum Gasteiger partial charge on any atom is 0.416 e. The molecule has 0 aromatic heterocycles. The van der Waals surface area contributed by atoms with Gasteiger partial charge in [0, 0.05) is 0 Å². The zero-order valence-corrected chi connectivity index (χ0v) is 11.6. The second-order valence-corrected chi connectivity index (χ2v) is 4.68. The van der Waals surface area contributed by atoms with Crippen LogP contribution in [0.4, 0.5) is 26.3 Å². The first-order chi connectivity index (χ1) is 10.3. The van der Waals surface area contributed by atoms with Gasteiger partial charge in [0.25, 0.3) is 0 Å². The molecule has 0 bridgehead atoms. The van der Waals surface area contributed by atoms with E-state index in [1.165, 1.54) is 0 Å². The minimum absolute atomic E-state index is 0.0242. The lowest BCUT2D eigenvalue weighted by molar-refractivity contribution is -0.142. The fourth-order valence-electron chi connectivity index (χ4n) is 1.13. The zero-order chi connectivity index (χ0) is 18.5. The van der Waals surface area contributed by atoms with Crippen LogP contribution in [0.25, 0.3) is 0 Å². The standard InChI is InChI=1S/C8H3BF6.C4H11NO3/c9-6-2-4(7(10,11)12)1-5(3-6)8(13,14)15;5-4(1-6,2-7)3-8/h1-3H;6-8H,1-3,5H2. The molecule has 0 amide bonds. The molecular formula is C12H14BF6NO3. The largest absolute Gasteiger partial charge is 0.416 e. The second kappa shape index (κ2) is 8.00. The zero-order valence-electron chi connectivity index (χ0n) is 11.6. The first kappa shape index (κ1) is 21.7. The fourth-order valence-corrected chi connectivity index (χ4v) is 1.13. The first-order valence-corrected chi connectivity index (χ1v) is 5.95. The summed E-state index contributed by atoms with van der Waals surface area (Å²) in [6.07, 6.45) is -9.68. The summed E-state index contributed by atoms with van der Waals surface area (Å²) in [6.45, 7) is -1.21. The van der Waals surface area contributed by atoms with Crippen LogP contribution >= 0.6 is 0 Å². The van der Waals surface area contributed by atoms with E-state index in [-0.39, 0.29) is 6.07 Å². The predicted molar refractivity (Wildman–Crippen MR) is 70.0 cm³/mol. The normalized spacial score (nSPS) is 12.6. The molecule has 11 heteroatoms. The Hall–Kier alpha value is -1.30. The molecule has 0 saturated heterocycles. The Morgan fingerprint density at radius 2 is 1.09 bits per heavy atom. The van der Waals surface area contributed by atoms with Gasteiger partial charge in [-0.25, -0.2) is 0 Å². The summed E-state index contributed by atoms with van der Waals surface area (Å²) in [6, 6.07) is 0.931. The number of aliphatic hydroxyl groups excluding tert-OH is 3. The van der Waals surface area contributed by atoms with E-state index in [0.29, 0.717) is 12.1 Å². The van der Waals surface area contributed by atoms with Crippen molar-refractivity contribution in [3.63, 3.8) is 0 Å². The van der Waals surface area contributed by atoms with Crippen molar-refractivity contribution in [2.45, 2.75) is 17.9 Å². The highest BCUT2D eigenvalue weighted by atomic mass is 19.4. The summed E-state index contributed by atoms with van der Waals surface area (Å²) in [5.41, 5.74) is 0.550. The fraction of sp³-hybridized carbons (Fsp3) is 0.500. The number of alkyl halides is 6. The van der Waals surface area contributed by atoms with Crippen molar-refractivity contribution in [1.82, 2.24) is 0 Å². The molecule has 5 N–H and O–H groups in total. The molecule has 4 nitrogen and oxygen atoms in total. The molecule has 23 heavy (non-hydrogen) atoms. The van der Waals surface area contributed by atoms with Crippen molar-refractivity contribution in [2.75, 3.05) is 19.8 Å². The summed E-state index contributed by atoms with van der Waals surface area (Å²) in [5, 5.41) is 25.0. The molecule has 0 atom stereocenters. The second-order valence-electron chi connectivity index (χ2n) is 4.68. The number of halogens is 6. The molecule has 0 aliphatic carbocycles. The van der Waals surface area contributed by atoms with Gasteiger partial charge in [-0.2, -0.15) is 26.3 Å². The number of hydrogen-bond acceptors (Lipinski definition) is 4. The van der Waals surface area contributed by atoms with Crippen LogP contribution in [0, 0.1) is 0 Å². The Morgan fingerprint density at radius 1 is 0.783 bits per heavy atom. The van der Waals surface area contributed by atoms with Gasteiger partial charge in [0.15, 0.2) is 0 Å². The van der Waals surface area contributed by atoms with Gasteiger partial charge in [-0.05, 0) is 6.07 Å². The van der Waals surface area contributed by atoms with Gasteiger partial charge in [0.05, 0.1) is 36.5 Å². The van der Waals surface area contributed by atoms with Gasteiger partial charge in [-0.3, -0.25) is 0 Å². The van der Waals surface area contributed by atoms with Crippen molar-refractivity contribution < 1.29 is 41.7 Å². The molecule has 0 aliphatic rings. The number of nitrogens with two attached hydrogens (primary N) is 1. The number of hydrogen-bond donors (Lipinski definition) is 4. The predicted octanol–water partition coefficient (Wildman–Crippen LogP) is 0.179. The van der Waals surface area contributed by atoms with Crippen LogP contribution in [-0.4, -0.2) is 48.5 Å². The molecule has 2 radical (unpaired) electrons.